The van der Waals surface area contributed by atoms with Crippen LogP contribution in [0.1, 0.15) is 51.3 Å². The maximum absolute atomic E-state index is 13.0. The predicted octanol–water partition coefficient (Wildman–Crippen LogP) is 1.72. The summed E-state index contributed by atoms with van der Waals surface area (Å²) < 4.78 is 9.94. The number of alkyl carbamates (subject to hydrolysis) is 1. The molecule has 9 heteroatoms. The Kier molecular flexibility index (Phi) is 10.5. The van der Waals surface area contributed by atoms with Crippen LogP contribution in [0.4, 0.5) is 4.79 Å². The first kappa shape index (κ1) is 27.1. The number of nitrogens with one attached hydrogen (secondary N) is 2. The number of terminal acetylenes is 2. The van der Waals surface area contributed by atoms with Gasteiger partial charge in [-0.1, -0.05) is 30.5 Å². The van der Waals surface area contributed by atoms with E-state index in [2.05, 4.69) is 22.6 Å². The fraction of sp³-hybridized carbons (Fsp3) is 0.417. The number of benzene rings is 1. The summed E-state index contributed by atoms with van der Waals surface area (Å²) in [5.41, 5.74) is -0.0835. The molecule has 0 aromatic heterocycles. The van der Waals surface area contributed by atoms with Crippen molar-refractivity contribution in [2.45, 2.75) is 45.8 Å². The highest BCUT2D eigenvalue weighted by atomic mass is 16.6. The van der Waals surface area contributed by atoms with Gasteiger partial charge in [0, 0.05) is 23.7 Å². The summed E-state index contributed by atoms with van der Waals surface area (Å²) in [6.07, 6.45) is 10.3. The van der Waals surface area contributed by atoms with Gasteiger partial charge in [-0.2, -0.15) is 0 Å². The van der Waals surface area contributed by atoms with Crippen molar-refractivity contribution in [1.82, 2.24) is 15.5 Å². The Balaban J connectivity index is 3.10. The first-order valence-electron chi connectivity index (χ1n) is 10.3. The van der Waals surface area contributed by atoms with Gasteiger partial charge >= 0.3 is 12.1 Å². The summed E-state index contributed by atoms with van der Waals surface area (Å²) in [6, 6.07) is 7.40. The van der Waals surface area contributed by atoms with Crippen LogP contribution in [0.5, 0.6) is 0 Å². The number of nitrogens with zero attached hydrogens (tertiary/aromatic N) is 1. The summed E-state index contributed by atoms with van der Waals surface area (Å²) in [6.45, 7) is 6.37. The minimum absolute atomic E-state index is 0.0326. The first-order valence-corrected chi connectivity index (χ1v) is 10.3. The zero-order valence-corrected chi connectivity index (χ0v) is 19.3. The van der Waals surface area contributed by atoms with E-state index in [9.17, 15) is 19.2 Å². The lowest BCUT2D eigenvalue weighted by Crippen LogP contribution is -2.46. The number of carbonyl (C=O) groups is 4. The van der Waals surface area contributed by atoms with Crippen LogP contribution < -0.4 is 10.6 Å². The summed E-state index contributed by atoms with van der Waals surface area (Å²) >= 11 is 0. The van der Waals surface area contributed by atoms with Crippen molar-refractivity contribution < 1.29 is 28.7 Å². The van der Waals surface area contributed by atoms with E-state index < -0.39 is 42.1 Å². The summed E-state index contributed by atoms with van der Waals surface area (Å²) in [5, 5.41) is 4.90. The van der Waals surface area contributed by atoms with E-state index in [0.717, 1.165) is 4.90 Å². The molecular formula is C24H29N3O6. The zero-order chi connectivity index (χ0) is 25.0. The Morgan fingerprint density at radius 2 is 1.79 bits per heavy atom. The van der Waals surface area contributed by atoms with E-state index >= 15 is 0 Å². The van der Waals surface area contributed by atoms with E-state index in [4.69, 9.17) is 22.3 Å². The third-order valence-electron chi connectivity index (χ3n) is 4.04. The molecule has 0 aliphatic heterocycles. The molecule has 33 heavy (non-hydrogen) atoms. The van der Waals surface area contributed by atoms with Crippen molar-refractivity contribution in [2.75, 3.05) is 19.7 Å². The topological polar surface area (TPSA) is 114 Å². The quantitative estimate of drug-likeness (QED) is 0.333. The second kappa shape index (κ2) is 12.8. The van der Waals surface area contributed by atoms with Gasteiger partial charge in [-0.3, -0.25) is 19.3 Å². The third kappa shape index (κ3) is 8.96. The molecule has 1 rings (SSSR count). The third-order valence-corrected chi connectivity index (χ3v) is 4.04. The molecule has 0 fully saturated rings. The number of hydrogen-bond donors (Lipinski definition) is 2. The number of carbonyl (C=O) groups excluding carboxylic acids is 4. The van der Waals surface area contributed by atoms with Crippen molar-refractivity contribution >= 4 is 23.9 Å². The monoisotopic (exact) mass is 455 g/mol. The second-order valence-electron chi connectivity index (χ2n) is 7.73. The van der Waals surface area contributed by atoms with Gasteiger partial charge in [-0.25, -0.2) is 4.79 Å². The van der Waals surface area contributed by atoms with Gasteiger partial charge in [0.05, 0.1) is 13.0 Å². The molecule has 0 bridgehead atoms. The van der Waals surface area contributed by atoms with Crippen molar-refractivity contribution in [1.29, 1.82) is 0 Å². The average Bonchev–Trinajstić information content (AvgIpc) is 2.74. The smallest absolute Gasteiger partial charge is 0.408 e. The SMILES string of the molecule is C#Cc1ccccc1C(C(=O)NCCC(=O)OCC)N(C#C)C(=O)CNC(=O)OC(C)(C)C. The number of esters is 1. The van der Waals surface area contributed by atoms with E-state index in [0.29, 0.717) is 11.1 Å². The maximum Gasteiger partial charge on any atom is 0.408 e. The summed E-state index contributed by atoms with van der Waals surface area (Å²) in [5.74, 6) is 0.601. The van der Waals surface area contributed by atoms with Gasteiger partial charge in [0.25, 0.3) is 5.91 Å². The van der Waals surface area contributed by atoms with Crippen LogP contribution in [0.15, 0.2) is 24.3 Å². The maximum atomic E-state index is 13.0. The number of amides is 3. The van der Waals surface area contributed by atoms with Crippen molar-refractivity contribution in [3.63, 3.8) is 0 Å². The largest absolute Gasteiger partial charge is 0.466 e. The Morgan fingerprint density at radius 3 is 2.36 bits per heavy atom. The van der Waals surface area contributed by atoms with Gasteiger partial charge in [0.15, 0.2) is 0 Å². The molecule has 0 radical (unpaired) electrons. The molecular weight excluding hydrogens is 426 g/mol. The second-order valence-corrected chi connectivity index (χ2v) is 7.73. The summed E-state index contributed by atoms with van der Waals surface area (Å²) in [4.78, 5) is 50.2. The average molecular weight is 456 g/mol. The van der Waals surface area contributed by atoms with Gasteiger partial charge < -0.3 is 20.1 Å². The minimum Gasteiger partial charge on any atom is -0.466 e. The van der Waals surface area contributed by atoms with Crippen LogP contribution in [0.2, 0.25) is 0 Å². The number of rotatable bonds is 9. The Hall–Kier alpha value is -3.98. The first-order chi connectivity index (χ1) is 15.5. The van der Waals surface area contributed by atoms with Gasteiger partial charge in [-0.15, -0.1) is 6.42 Å². The Morgan fingerprint density at radius 1 is 1.12 bits per heavy atom. The van der Waals surface area contributed by atoms with Crippen molar-refractivity contribution in [3.8, 4) is 24.8 Å². The molecule has 0 aliphatic rings. The van der Waals surface area contributed by atoms with Crippen molar-refractivity contribution in [2.24, 2.45) is 0 Å². The van der Waals surface area contributed by atoms with E-state index in [1.165, 1.54) is 0 Å². The number of hydrogen-bond acceptors (Lipinski definition) is 6. The lowest BCUT2D eigenvalue weighted by atomic mass is 9.98. The van der Waals surface area contributed by atoms with E-state index in [1.807, 2.05) is 0 Å². The summed E-state index contributed by atoms with van der Waals surface area (Å²) in [7, 11) is 0. The van der Waals surface area contributed by atoms with Crippen LogP contribution in [0.3, 0.4) is 0 Å². The molecule has 1 unspecified atom stereocenters. The lowest BCUT2D eigenvalue weighted by molar-refractivity contribution is -0.143. The predicted molar refractivity (Wildman–Crippen MR) is 121 cm³/mol. The molecule has 9 nitrogen and oxygen atoms in total. The van der Waals surface area contributed by atoms with Crippen LogP contribution in [-0.2, 0) is 23.9 Å². The Labute approximate surface area is 194 Å². The number of ether oxygens (including phenoxy) is 2. The van der Waals surface area contributed by atoms with Crippen LogP contribution in [-0.4, -0.2) is 54.1 Å². The van der Waals surface area contributed by atoms with Gasteiger partial charge in [-0.05, 0) is 33.8 Å². The molecule has 0 spiro atoms. The van der Waals surface area contributed by atoms with E-state index in [1.54, 1.807) is 52.0 Å². The highest BCUT2D eigenvalue weighted by Gasteiger charge is 2.32. The highest BCUT2D eigenvalue weighted by molar-refractivity contribution is 5.92. The van der Waals surface area contributed by atoms with Crippen LogP contribution >= 0.6 is 0 Å². The van der Waals surface area contributed by atoms with Gasteiger partial charge in [0.2, 0.25) is 5.91 Å². The molecule has 0 saturated carbocycles. The zero-order valence-electron chi connectivity index (χ0n) is 19.3. The van der Waals surface area contributed by atoms with Crippen LogP contribution in [0.25, 0.3) is 0 Å². The molecule has 1 aromatic rings. The molecule has 3 amide bonds. The molecule has 176 valence electrons. The van der Waals surface area contributed by atoms with Crippen LogP contribution in [0, 0.1) is 24.8 Å². The normalized spacial score (nSPS) is 11.2. The molecule has 2 N–H and O–H groups in total. The fourth-order valence-corrected chi connectivity index (χ4v) is 2.72. The lowest BCUT2D eigenvalue weighted by Gasteiger charge is -2.27. The standard InChI is InChI=1S/C24H29N3O6/c1-7-17-12-10-11-13-18(17)21(22(30)25-15-14-20(29)32-9-3)27(8-2)19(28)16-26-23(31)33-24(4,5)6/h1-2,10-13,21H,9,14-16H2,3-6H3,(H,25,30)(H,26,31). The minimum atomic E-state index is -1.29. The molecule has 1 aromatic carbocycles. The Bertz CT molecular complexity index is 952. The fourth-order valence-electron chi connectivity index (χ4n) is 2.72. The molecule has 1 atom stereocenters. The molecule has 0 heterocycles. The van der Waals surface area contributed by atoms with Crippen molar-refractivity contribution in [3.05, 3.63) is 35.4 Å². The highest BCUT2D eigenvalue weighted by Crippen LogP contribution is 2.24. The molecule has 0 aliphatic carbocycles. The van der Waals surface area contributed by atoms with Gasteiger partial charge in [0.1, 0.15) is 18.2 Å². The molecule has 0 saturated heterocycles. The van der Waals surface area contributed by atoms with E-state index in [-0.39, 0.29) is 19.6 Å².